The third-order valence-electron chi connectivity index (χ3n) is 3.10. The Hall–Kier alpha value is -2.25. The molecule has 1 N–H and O–H groups in total. The SMILES string of the molecule is O=C(CSc1nc(-c2ccc(F)cc2)cs1)Nc1ccccc1F. The maximum absolute atomic E-state index is 13.5. The van der Waals surface area contributed by atoms with E-state index in [-0.39, 0.29) is 23.2 Å². The molecule has 7 heteroatoms. The van der Waals surface area contributed by atoms with Crippen LogP contribution in [-0.2, 0) is 4.79 Å². The van der Waals surface area contributed by atoms with E-state index in [0.717, 1.165) is 15.6 Å². The summed E-state index contributed by atoms with van der Waals surface area (Å²) in [5.41, 5.74) is 1.71. The third kappa shape index (κ3) is 4.18. The van der Waals surface area contributed by atoms with Crippen LogP contribution in [0.5, 0.6) is 0 Å². The van der Waals surface area contributed by atoms with Crippen molar-refractivity contribution in [2.75, 3.05) is 11.1 Å². The summed E-state index contributed by atoms with van der Waals surface area (Å²) in [6, 6.07) is 12.1. The van der Waals surface area contributed by atoms with E-state index >= 15 is 0 Å². The van der Waals surface area contributed by atoms with Gasteiger partial charge in [-0.3, -0.25) is 4.79 Å². The molecule has 24 heavy (non-hydrogen) atoms. The summed E-state index contributed by atoms with van der Waals surface area (Å²) < 4.78 is 27.1. The Morgan fingerprint density at radius 1 is 1.12 bits per heavy atom. The quantitative estimate of drug-likeness (QED) is 0.662. The molecule has 3 nitrogen and oxygen atoms in total. The Balaban J connectivity index is 1.58. The number of aromatic nitrogens is 1. The Morgan fingerprint density at radius 2 is 1.88 bits per heavy atom. The van der Waals surface area contributed by atoms with Gasteiger partial charge in [0.1, 0.15) is 11.6 Å². The summed E-state index contributed by atoms with van der Waals surface area (Å²) in [5.74, 6) is -0.939. The van der Waals surface area contributed by atoms with Crippen molar-refractivity contribution in [2.45, 2.75) is 4.34 Å². The molecule has 0 spiro atoms. The molecule has 1 amide bonds. The van der Waals surface area contributed by atoms with Gasteiger partial charge in [-0.2, -0.15) is 0 Å². The van der Waals surface area contributed by atoms with Gasteiger partial charge in [0.2, 0.25) is 5.91 Å². The van der Waals surface area contributed by atoms with Crippen LogP contribution in [0.1, 0.15) is 0 Å². The first kappa shape index (κ1) is 16.6. The summed E-state index contributed by atoms with van der Waals surface area (Å²) in [5, 5.41) is 4.38. The molecule has 0 saturated heterocycles. The van der Waals surface area contributed by atoms with Crippen LogP contribution in [0.2, 0.25) is 0 Å². The van der Waals surface area contributed by atoms with Gasteiger partial charge in [0, 0.05) is 10.9 Å². The van der Waals surface area contributed by atoms with Crippen LogP contribution in [0, 0.1) is 11.6 Å². The van der Waals surface area contributed by atoms with Crippen LogP contribution in [-0.4, -0.2) is 16.6 Å². The van der Waals surface area contributed by atoms with Crippen molar-refractivity contribution >= 4 is 34.7 Å². The van der Waals surface area contributed by atoms with E-state index < -0.39 is 5.82 Å². The van der Waals surface area contributed by atoms with Gasteiger partial charge in [-0.25, -0.2) is 13.8 Å². The van der Waals surface area contributed by atoms with Crippen LogP contribution in [0.3, 0.4) is 0 Å². The predicted molar refractivity (Wildman–Crippen MR) is 93.3 cm³/mol. The number of amides is 1. The summed E-state index contributed by atoms with van der Waals surface area (Å²) in [6.07, 6.45) is 0. The molecule has 0 fully saturated rings. The van der Waals surface area contributed by atoms with E-state index in [9.17, 15) is 13.6 Å². The lowest BCUT2D eigenvalue weighted by Gasteiger charge is -2.04. The topological polar surface area (TPSA) is 42.0 Å². The van der Waals surface area contributed by atoms with Crippen LogP contribution >= 0.6 is 23.1 Å². The fourth-order valence-electron chi connectivity index (χ4n) is 1.95. The van der Waals surface area contributed by atoms with Crippen LogP contribution in [0.25, 0.3) is 11.3 Å². The second-order valence-corrected chi connectivity index (χ2v) is 6.90. The number of nitrogens with zero attached hydrogens (tertiary/aromatic N) is 1. The molecule has 0 aliphatic heterocycles. The molecular weight excluding hydrogens is 350 g/mol. The minimum absolute atomic E-state index is 0.130. The maximum Gasteiger partial charge on any atom is 0.234 e. The molecular formula is C17H12F2N2OS2. The van der Waals surface area contributed by atoms with Gasteiger partial charge in [0.05, 0.1) is 17.1 Å². The molecule has 1 aromatic heterocycles. The number of carbonyl (C=O) groups is 1. The van der Waals surface area contributed by atoms with Crippen molar-refractivity contribution in [1.82, 2.24) is 4.98 Å². The van der Waals surface area contributed by atoms with Crippen molar-refractivity contribution in [1.29, 1.82) is 0 Å². The average Bonchev–Trinajstić information content (AvgIpc) is 3.05. The number of rotatable bonds is 5. The number of thiazole rings is 1. The minimum Gasteiger partial charge on any atom is -0.323 e. The van der Waals surface area contributed by atoms with Crippen molar-refractivity contribution in [3.05, 3.63) is 65.5 Å². The Labute approximate surface area is 145 Å². The van der Waals surface area contributed by atoms with E-state index in [4.69, 9.17) is 0 Å². The first-order chi connectivity index (χ1) is 11.6. The molecule has 0 saturated carbocycles. The summed E-state index contributed by atoms with van der Waals surface area (Å²) in [4.78, 5) is 16.3. The number of benzene rings is 2. The zero-order valence-electron chi connectivity index (χ0n) is 12.3. The van der Waals surface area contributed by atoms with Gasteiger partial charge >= 0.3 is 0 Å². The smallest absolute Gasteiger partial charge is 0.234 e. The first-order valence-corrected chi connectivity index (χ1v) is 8.87. The van der Waals surface area contributed by atoms with Gasteiger partial charge in [0.15, 0.2) is 4.34 Å². The van der Waals surface area contributed by atoms with Crippen molar-refractivity contribution in [3.8, 4) is 11.3 Å². The number of anilines is 1. The number of halogens is 2. The summed E-state index contributed by atoms with van der Waals surface area (Å²) in [6.45, 7) is 0. The van der Waals surface area contributed by atoms with Crippen molar-refractivity contribution in [3.63, 3.8) is 0 Å². The molecule has 0 atom stereocenters. The monoisotopic (exact) mass is 362 g/mol. The number of hydrogen-bond acceptors (Lipinski definition) is 4. The average molecular weight is 362 g/mol. The second kappa shape index (κ2) is 7.55. The normalized spacial score (nSPS) is 10.6. The van der Waals surface area contributed by atoms with Gasteiger partial charge in [-0.1, -0.05) is 23.9 Å². The second-order valence-electron chi connectivity index (χ2n) is 4.82. The van der Waals surface area contributed by atoms with Crippen LogP contribution in [0.4, 0.5) is 14.5 Å². The fourth-order valence-corrected chi connectivity index (χ4v) is 3.59. The molecule has 2 aromatic carbocycles. The van der Waals surface area contributed by atoms with Crippen molar-refractivity contribution in [2.24, 2.45) is 0 Å². The summed E-state index contributed by atoms with van der Waals surface area (Å²) in [7, 11) is 0. The van der Waals surface area contributed by atoms with E-state index in [1.807, 2.05) is 5.38 Å². The van der Waals surface area contributed by atoms with Gasteiger partial charge < -0.3 is 5.32 Å². The minimum atomic E-state index is -0.469. The molecule has 0 radical (unpaired) electrons. The van der Waals surface area contributed by atoms with E-state index in [1.54, 1.807) is 24.3 Å². The number of hydrogen-bond donors (Lipinski definition) is 1. The zero-order valence-corrected chi connectivity index (χ0v) is 14.0. The highest BCUT2D eigenvalue weighted by atomic mass is 32.2. The lowest BCUT2D eigenvalue weighted by atomic mass is 10.2. The maximum atomic E-state index is 13.5. The number of carbonyl (C=O) groups excluding carboxylic acids is 1. The standard InChI is InChI=1S/C17H12F2N2OS2/c18-12-7-5-11(6-8-12)15-9-23-17(21-15)24-10-16(22)20-14-4-2-1-3-13(14)19/h1-9H,10H2,(H,20,22). The Bertz CT molecular complexity index is 850. The molecule has 0 aliphatic carbocycles. The molecule has 0 bridgehead atoms. The van der Waals surface area contributed by atoms with E-state index in [0.29, 0.717) is 0 Å². The molecule has 1 heterocycles. The number of thioether (sulfide) groups is 1. The van der Waals surface area contributed by atoms with E-state index in [1.165, 1.54) is 47.4 Å². The Morgan fingerprint density at radius 3 is 2.62 bits per heavy atom. The van der Waals surface area contributed by atoms with E-state index in [2.05, 4.69) is 10.3 Å². The highest BCUT2D eigenvalue weighted by molar-refractivity contribution is 8.01. The number of para-hydroxylation sites is 1. The lowest BCUT2D eigenvalue weighted by Crippen LogP contribution is -2.14. The number of nitrogens with one attached hydrogen (secondary N) is 1. The molecule has 0 aliphatic rings. The van der Waals surface area contributed by atoms with Gasteiger partial charge in [-0.15, -0.1) is 11.3 Å². The first-order valence-electron chi connectivity index (χ1n) is 7.00. The van der Waals surface area contributed by atoms with Gasteiger partial charge in [0.25, 0.3) is 0 Å². The lowest BCUT2D eigenvalue weighted by molar-refractivity contribution is -0.113. The van der Waals surface area contributed by atoms with Crippen molar-refractivity contribution < 1.29 is 13.6 Å². The van der Waals surface area contributed by atoms with Crippen LogP contribution in [0.15, 0.2) is 58.3 Å². The largest absolute Gasteiger partial charge is 0.323 e. The fraction of sp³-hybridized carbons (Fsp3) is 0.0588. The Kier molecular flexibility index (Phi) is 5.22. The predicted octanol–water partition coefficient (Wildman–Crippen LogP) is 4.82. The third-order valence-corrected chi connectivity index (χ3v) is 5.12. The molecule has 3 aromatic rings. The molecule has 3 rings (SSSR count). The van der Waals surface area contributed by atoms with Crippen LogP contribution < -0.4 is 5.32 Å². The van der Waals surface area contributed by atoms with Gasteiger partial charge in [-0.05, 0) is 36.4 Å². The highest BCUT2D eigenvalue weighted by Gasteiger charge is 2.10. The summed E-state index contributed by atoms with van der Waals surface area (Å²) >= 11 is 2.68. The molecule has 122 valence electrons. The zero-order chi connectivity index (χ0) is 16.9. The molecule has 0 unspecified atom stereocenters. The highest BCUT2D eigenvalue weighted by Crippen LogP contribution is 2.28.